The number of hydrogen-bond acceptors (Lipinski definition) is 6. The molecule has 0 amide bonds. The van der Waals surface area contributed by atoms with Crippen molar-refractivity contribution in [1.29, 1.82) is 0 Å². The molecule has 0 bridgehead atoms. The van der Waals surface area contributed by atoms with Gasteiger partial charge in [-0.2, -0.15) is 39.5 Å². The lowest BCUT2D eigenvalue weighted by atomic mass is 10.1. The number of ether oxygens (including phenoxy) is 2. The predicted octanol–water partition coefficient (Wildman–Crippen LogP) is 6.02. The maximum Gasteiger partial charge on any atom is 0.460 e. The van der Waals surface area contributed by atoms with E-state index in [-0.39, 0.29) is 11.3 Å². The number of nitrogens with zero attached hydrogens (tertiary/aromatic N) is 1. The zero-order valence-electron chi connectivity index (χ0n) is 17.6. The van der Waals surface area contributed by atoms with Gasteiger partial charge in [-0.1, -0.05) is 30.8 Å². The van der Waals surface area contributed by atoms with Crippen LogP contribution in [-0.2, 0) is 19.1 Å². The molecule has 0 unspecified atom stereocenters. The molecular weight excluding hydrogens is 521 g/mol. The van der Waals surface area contributed by atoms with Gasteiger partial charge in [-0.3, -0.25) is 4.90 Å². The number of para-hydroxylation sites is 1. The number of esters is 2. The summed E-state index contributed by atoms with van der Waals surface area (Å²) in [5.74, 6) is -18.2. The molecule has 1 saturated heterocycles. The first-order valence-corrected chi connectivity index (χ1v) is 10.4. The maximum atomic E-state index is 14.9. The average Bonchev–Trinajstić information content (AvgIpc) is 3.11. The van der Waals surface area contributed by atoms with E-state index < -0.39 is 63.0 Å². The van der Waals surface area contributed by atoms with Gasteiger partial charge in [-0.15, -0.1) is 0 Å². The van der Waals surface area contributed by atoms with E-state index in [9.17, 15) is 49.1 Å². The van der Waals surface area contributed by atoms with Gasteiger partial charge in [0.05, 0.1) is 10.7 Å². The molecule has 1 fully saturated rings. The number of cyclic esters (lactones) is 2. The Kier molecular flexibility index (Phi) is 6.41. The van der Waals surface area contributed by atoms with Crippen molar-refractivity contribution in [2.24, 2.45) is 0 Å². The number of hydrogen-bond donors (Lipinski definition) is 0. The molecule has 15 heteroatoms. The van der Waals surface area contributed by atoms with Crippen LogP contribution in [0.3, 0.4) is 0 Å². The minimum absolute atomic E-state index is 0.0481. The van der Waals surface area contributed by atoms with Crippen molar-refractivity contribution in [3.63, 3.8) is 0 Å². The van der Waals surface area contributed by atoms with Crippen LogP contribution in [0.5, 0.6) is 0 Å². The van der Waals surface area contributed by atoms with Crippen LogP contribution in [0.15, 0.2) is 51.9 Å². The molecule has 0 radical (unpaired) electrons. The van der Waals surface area contributed by atoms with Crippen LogP contribution in [0, 0.1) is 0 Å². The molecule has 2 heterocycles. The van der Waals surface area contributed by atoms with Crippen LogP contribution in [-0.4, -0.2) is 41.8 Å². The molecule has 1 aromatic carbocycles. The molecule has 35 heavy (non-hydrogen) atoms. The Morgan fingerprint density at radius 2 is 1.46 bits per heavy atom. The molecule has 2 aliphatic rings. The molecule has 0 spiro atoms. The van der Waals surface area contributed by atoms with Crippen molar-refractivity contribution in [2.75, 3.05) is 4.90 Å². The molecule has 0 N–H and O–H groups in total. The van der Waals surface area contributed by atoms with Gasteiger partial charge in [0.25, 0.3) is 5.79 Å². The topological polar surface area (TPSA) is 55.8 Å². The molecule has 2 aliphatic heterocycles. The van der Waals surface area contributed by atoms with Gasteiger partial charge in [-0.25, -0.2) is 9.59 Å². The number of fused-ring (bicyclic) bond motifs is 1. The van der Waals surface area contributed by atoms with Crippen LogP contribution in [0.2, 0.25) is 0 Å². The quantitative estimate of drug-likeness (QED) is 0.151. The van der Waals surface area contributed by atoms with Gasteiger partial charge in [-0.05, 0) is 24.3 Å². The first kappa shape index (κ1) is 26.8. The van der Waals surface area contributed by atoms with E-state index in [1.54, 1.807) is 0 Å². The second-order valence-corrected chi connectivity index (χ2v) is 8.51. The predicted molar refractivity (Wildman–Crippen MR) is 103 cm³/mol. The molecule has 0 saturated carbocycles. The van der Waals surface area contributed by atoms with Crippen LogP contribution < -0.4 is 4.90 Å². The first-order chi connectivity index (χ1) is 15.9. The average molecular weight is 535 g/mol. The third-order valence-electron chi connectivity index (χ3n) is 5.04. The Labute approximate surface area is 195 Å². The number of anilines is 1. The van der Waals surface area contributed by atoms with Gasteiger partial charge >= 0.3 is 36.0 Å². The Morgan fingerprint density at radius 3 is 1.97 bits per heavy atom. The van der Waals surface area contributed by atoms with E-state index in [4.69, 9.17) is 9.47 Å². The zero-order chi connectivity index (χ0) is 26.6. The normalized spacial score (nSPS) is 22.8. The molecular formula is C20H14F9NO4S. The number of carbonyl (C=O) groups excluding carboxylic acids is 2. The highest BCUT2D eigenvalue weighted by molar-refractivity contribution is 8.03. The highest BCUT2D eigenvalue weighted by Gasteiger charge is 2.83. The summed E-state index contributed by atoms with van der Waals surface area (Å²) >= 11 is 0.299. The smallest absolute Gasteiger partial charge is 0.419 e. The van der Waals surface area contributed by atoms with Gasteiger partial charge in [0, 0.05) is 18.2 Å². The summed E-state index contributed by atoms with van der Waals surface area (Å²) in [4.78, 5) is 23.4. The van der Waals surface area contributed by atoms with Gasteiger partial charge in [0.15, 0.2) is 0 Å². The van der Waals surface area contributed by atoms with E-state index in [1.807, 2.05) is 0 Å². The Hall–Kier alpha value is -2.84. The Balaban J connectivity index is 2.10. The monoisotopic (exact) mass is 535 g/mol. The summed E-state index contributed by atoms with van der Waals surface area (Å²) in [6.45, 7) is 2.77. The number of carbonyl (C=O) groups is 2. The Bertz CT molecular complexity index is 1090. The molecule has 1 aromatic rings. The molecule has 3 rings (SSSR count). The first-order valence-electron chi connectivity index (χ1n) is 9.55. The lowest BCUT2D eigenvalue weighted by molar-refractivity contribution is -0.394. The van der Waals surface area contributed by atoms with Crippen LogP contribution >= 0.6 is 11.8 Å². The fraction of sp³-hybridized carbons (Fsp3) is 0.400. The summed E-state index contributed by atoms with van der Waals surface area (Å²) in [5, 5.41) is -0.981. The van der Waals surface area contributed by atoms with Gasteiger partial charge in [0.1, 0.15) is 5.57 Å². The maximum absolute atomic E-state index is 14.9. The van der Waals surface area contributed by atoms with E-state index >= 15 is 0 Å². The SMILES string of the molecule is CCC1(C)OC(=O)C(=C/C=C2\Sc3ccccc3N2C(F)(F)C(F)(F)C(F)(F)C(F)(F)F)C(=O)O1. The fourth-order valence-corrected chi connectivity index (χ4v) is 4.03. The van der Waals surface area contributed by atoms with Crippen molar-refractivity contribution in [2.45, 2.75) is 55.0 Å². The number of benzene rings is 1. The summed E-state index contributed by atoms with van der Waals surface area (Å²) in [6, 6.07) is -1.88. The minimum atomic E-state index is -7.11. The molecule has 192 valence electrons. The van der Waals surface area contributed by atoms with E-state index in [1.165, 1.54) is 19.9 Å². The van der Waals surface area contributed by atoms with Gasteiger partial charge < -0.3 is 9.47 Å². The van der Waals surface area contributed by atoms with E-state index in [0.717, 1.165) is 18.2 Å². The molecule has 5 nitrogen and oxygen atoms in total. The molecule has 0 aliphatic carbocycles. The summed E-state index contributed by atoms with van der Waals surface area (Å²) in [6.07, 6.45) is -5.89. The largest absolute Gasteiger partial charge is 0.460 e. The van der Waals surface area contributed by atoms with Crippen molar-refractivity contribution >= 4 is 29.4 Å². The van der Waals surface area contributed by atoms with Crippen molar-refractivity contribution in [3.8, 4) is 0 Å². The minimum Gasteiger partial charge on any atom is -0.419 e. The lowest BCUT2D eigenvalue weighted by Crippen LogP contribution is -2.66. The van der Waals surface area contributed by atoms with E-state index in [2.05, 4.69) is 0 Å². The molecule has 0 atom stereocenters. The number of halogens is 9. The van der Waals surface area contributed by atoms with Crippen molar-refractivity contribution < 1.29 is 58.6 Å². The summed E-state index contributed by atoms with van der Waals surface area (Å²) < 4.78 is 133. The zero-order valence-corrected chi connectivity index (χ0v) is 18.4. The number of rotatable bonds is 5. The second kappa shape index (κ2) is 8.38. The summed E-state index contributed by atoms with van der Waals surface area (Å²) in [5.41, 5.74) is -1.66. The number of alkyl halides is 9. The van der Waals surface area contributed by atoms with Crippen molar-refractivity contribution in [1.82, 2.24) is 0 Å². The fourth-order valence-electron chi connectivity index (χ4n) is 2.95. The van der Waals surface area contributed by atoms with Crippen LogP contribution in [0.4, 0.5) is 45.2 Å². The van der Waals surface area contributed by atoms with Gasteiger partial charge in [0.2, 0.25) is 0 Å². The second-order valence-electron chi connectivity index (χ2n) is 7.44. The highest BCUT2D eigenvalue weighted by atomic mass is 32.2. The molecule has 0 aromatic heterocycles. The number of thioether (sulfide) groups is 1. The highest BCUT2D eigenvalue weighted by Crippen LogP contribution is 2.59. The number of allylic oxidation sites excluding steroid dienone is 2. The van der Waals surface area contributed by atoms with Crippen molar-refractivity contribution in [3.05, 3.63) is 47.0 Å². The van der Waals surface area contributed by atoms with Crippen LogP contribution in [0.25, 0.3) is 0 Å². The summed E-state index contributed by atoms with van der Waals surface area (Å²) in [7, 11) is 0. The van der Waals surface area contributed by atoms with Crippen LogP contribution in [0.1, 0.15) is 20.3 Å². The third-order valence-corrected chi connectivity index (χ3v) is 6.13. The van der Waals surface area contributed by atoms with E-state index in [0.29, 0.717) is 23.9 Å². The lowest BCUT2D eigenvalue weighted by Gasteiger charge is -2.39. The third kappa shape index (κ3) is 4.23. The standard InChI is InChI=1S/C20H14F9NO4S/c1-3-16(2)33-14(31)10(15(32)34-16)8-9-13-30(11-6-4-5-7-12(11)35-13)20(28,29)18(23,24)17(21,22)19(25,26)27/h4-9H,3H2,1-2H3/b10-8?,13-9-. The Morgan fingerprint density at radius 1 is 0.914 bits per heavy atom.